The van der Waals surface area contributed by atoms with E-state index in [1.165, 1.54) is 36.5 Å². The third kappa shape index (κ3) is 6.25. The molecule has 0 fully saturated rings. The molecule has 4 rings (SSSR count). The number of nitro groups is 1. The number of nitro benzene ring substituents is 1. The van der Waals surface area contributed by atoms with Gasteiger partial charge in [0, 0.05) is 38.2 Å². The van der Waals surface area contributed by atoms with Crippen molar-refractivity contribution in [3.63, 3.8) is 0 Å². The molecule has 4 aromatic rings. The molecular formula is C22H20ClFN8O4. The summed E-state index contributed by atoms with van der Waals surface area (Å²) in [7, 11) is 0. The third-order valence-corrected chi connectivity index (χ3v) is 5.12. The number of halogens is 2. The summed E-state index contributed by atoms with van der Waals surface area (Å²) in [6.07, 6.45) is 1.98. The number of pyridine rings is 1. The van der Waals surface area contributed by atoms with Crippen molar-refractivity contribution in [1.29, 1.82) is 0 Å². The van der Waals surface area contributed by atoms with Crippen LogP contribution in [0.25, 0.3) is 11.2 Å². The number of carbonyl (C=O) groups is 1. The predicted octanol–water partition coefficient (Wildman–Crippen LogP) is 3.49. The van der Waals surface area contributed by atoms with E-state index in [2.05, 4.69) is 35.9 Å². The number of hydrogen-bond donors (Lipinski definition) is 3. The average Bonchev–Trinajstić information content (AvgIpc) is 3.26. The predicted molar refractivity (Wildman–Crippen MR) is 129 cm³/mol. The van der Waals surface area contributed by atoms with E-state index >= 15 is 0 Å². The molecule has 0 saturated heterocycles. The fourth-order valence-corrected chi connectivity index (χ4v) is 3.42. The molecule has 3 heterocycles. The van der Waals surface area contributed by atoms with E-state index in [0.717, 1.165) is 0 Å². The van der Waals surface area contributed by atoms with Crippen LogP contribution in [0.1, 0.15) is 18.0 Å². The minimum atomic E-state index is -0.552. The highest BCUT2D eigenvalue weighted by molar-refractivity contribution is 6.28. The Morgan fingerprint density at radius 3 is 2.78 bits per heavy atom. The normalized spacial score (nSPS) is 10.9. The van der Waals surface area contributed by atoms with Crippen LogP contribution in [0.5, 0.6) is 0 Å². The van der Waals surface area contributed by atoms with E-state index in [9.17, 15) is 19.3 Å². The van der Waals surface area contributed by atoms with Crippen molar-refractivity contribution in [2.45, 2.75) is 19.4 Å². The summed E-state index contributed by atoms with van der Waals surface area (Å²) < 4.78 is 19.5. The maximum Gasteiger partial charge on any atom is 0.292 e. The second kappa shape index (κ2) is 11.5. The van der Waals surface area contributed by atoms with E-state index < -0.39 is 10.7 Å². The first-order chi connectivity index (χ1) is 17.4. The number of oxazole rings is 1. The third-order valence-electron chi connectivity index (χ3n) is 4.95. The lowest BCUT2D eigenvalue weighted by molar-refractivity contribution is -0.383. The first kappa shape index (κ1) is 24.9. The molecule has 0 aliphatic rings. The number of anilines is 2. The first-order valence-corrected chi connectivity index (χ1v) is 11.2. The van der Waals surface area contributed by atoms with Gasteiger partial charge in [0.25, 0.3) is 11.4 Å². The van der Waals surface area contributed by atoms with Gasteiger partial charge in [0.1, 0.15) is 11.5 Å². The van der Waals surface area contributed by atoms with Crippen LogP contribution in [0.3, 0.4) is 0 Å². The molecule has 0 unspecified atom stereocenters. The highest BCUT2D eigenvalue weighted by Crippen LogP contribution is 2.24. The summed E-state index contributed by atoms with van der Waals surface area (Å²) in [5.41, 5.74) is 0.706. The van der Waals surface area contributed by atoms with Crippen LogP contribution in [-0.4, -0.2) is 43.9 Å². The molecule has 12 nitrogen and oxygen atoms in total. The minimum absolute atomic E-state index is 0.0583. The van der Waals surface area contributed by atoms with Crippen molar-refractivity contribution in [2.24, 2.45) is 0 Å². The maximum absolute atomic E-state index is 13.8. The standard InChI is InChI=1S/C22H20ClFN8O4/c23-22-30-20(27-12-15-13(24)4-3-9-26-15)19-21(31-22)36-18(29-19)8-11-25-10-7-17(33)28-14-5-1-2-6-16(14)32(34)35/h1-6,9,25H,7-8,10-12H2,(H,28,33)(H,27,30,31). The second-order valence-corrected chi connectivity index (χ2v) is 7.80. The topological polar surface area (TPSA) is 161 Å². The zero-order valence-electron chi connectivity index (χ0n) is 18.7. The van der Waals surface area contributed by atoms with Crippen molar-refractivity contribution in [1.82, 2.24) is 25.3 Å². The van der Waals surface area contributed by atoms with Crippen LogP contribution in [0.2, 0.25) is 5.28 Å². The van der Waals surface area contributed by atoms with E-state index in [4.69, 9.17) is 16.0 Å². The summed E-state index contributed by atoms with van der Waals surface area (Å²) in [6.45, 7) is 0.836. The quantitative estimate of drug-likeness (QED) is 0.117. The number of benzene rings is 1. The molecule has 3 N–H and O–H groups in total. The van der Waals surface area contributed by atoms with Gasteiger partial charge in [0.15, 0.2) is 17.2 Å². The Labute approximate surface area is 208 Å². The first-order valence-electron chi connectivity index (χ1n) is 10.8. The smallest absolute Gasteiger partial charge is 0.292 e. The van der Waals surface area contributed by atoms with E-state index in [1.54, 1.807) is 6.07 Å². The van der Waals surface area contributed by atoms with Crippen molar-refractivity contribution in [3.05, 3.63) is 75.4 Å². The number of amides is 1. The Balaban J connectivity index is 1.28. The summed E-state index contributed by atoms with van der Waals surface area (Å²) in [5, 5.41) is 19.6. The molecule has 1 amide bonds. The molecule has 36 heavy (non-hydrogen) atoms. The summed E-state index contributed by atoms with van der Waals surface area (Å²) in [5.74, 6) is -0.164. The fraction of sp³-hybridized carbons (Fsp3) is 0.227. The molecule has 0 aliphatic carbocycles. The molecule has 0 radical (unpaired) electrons. The number of nitrogens with zero attached hydrogens (tertiary/aromatic N) is 5. The van der Waals surface area contributed by atoms with Crippen molar-refractivity contribution >= 4 is 45.9 Å². The van der Waals surface area contributed by atoms with Crippen LogP contribution in [0.15, 0.2) is 47.0 Å². The van der Waals surface area contributed by atoms with Gasteiger partial charge in [-0.1, -0.05) is 12.1 Å². The van der Waals surface area contributed by atoms with Gasteiger partial charge >= 0.3 is 0 Å². The van der Waals surface area contributed by atoms with Crippen LogP contribution in [0.4, 0.5) is 21.6 Å². The Bertz CT molecular complexity index is 1400. The van der Waals surface area contributed by atoms with Gasteiger partial charge in [-0.05, 0) is 29.8 Å². The summed E-state index contributed by atoms with van der Waals surface area (Å²) in [6, 6.07) is 8.74. The van der Waals surface area contributed by atoms with Gasteiger partial charge in [-0.2, -0.15) is 9.97 Å². The van der Waals surface area contributed by atoms with Gasteiger partial charge < -0.3 is 20.4 Å². The lowest BCUT2D eigenvalue weighted by atomic mass is 10.2. The number of carbonyl (C=O) groups excluding carboxylic acids is 1. The second-order valence-electron chi connectivity index (χ2n) is 7.46. The molecule has 0 bridgehead atoms. The van der Waals surface area contributed by atoms with Crippen LogP contribution >= 0.6 is 11.6 Å². The highest BCUT2D eigenvalue weighted by Gasteiger charge is 2.16. The van der Waals surface area contributed by atoms with Gasteiger partial charge in [-0.15, -0.1) is 0 Å². The van der Waals surface area contributed by atoms with Gasteiger partial charge in [-0.3, -0.25) is 19.9 Å². The molecule has 1 aromatic carbocycles. The van der Waals surface area contributed by atoms with E-state index in [-0.39, 0.29) is 52.8 Å². The molecule has 0 atom stereocenters. The summed E-state index contributed by atoms with van der Waals surface area (Å²) >= 11 is 5.98. The monoisotopic (exact) mass is 514 g/mol. The van der Waals surface area contributed by atoms with Gasteiger partial charge in [0.2, 0.25) is 11.2 Å². The van der Waals surface area contributed by atoms with Crippen LogP contribution in [-0.2, 0) is 17.8 Å². The summed E-state index contributed by atoms with van der Waals surface area (Å²) in [4.78, 5) is 39.1. The number of hydrogen-bond acceptors (Lipinski definition) is 10. The van der Waals surface area contributed by atoms with Crippen molar-refractivity contribution < 1.29 is 18.5 Å². The van der Waals surface area contributed by atoms with Crippen molar-refractivity contribution in [3.8, 4) is 0 Å². The number of para-hydroxylation sites is 2. The Kier molecular flexibility index (Phi) is 7.92. The number of aromatic nitrogens is 4. The highest BCUT2D eigenvalue weighted by atomic mass is 35.5. The number of rotatable bonds is 11. The van der Waals surface area contributed by atoms with E-state index in [0.29, 0.717) is 30.9 Å². The Morgan fingerprint density at radius 1 is 1.14 bits per heavy atom. The Morgan fingerprint density at radius 2 is 1.97 bits per heavy atom. The molecule has 0 aliphatic heterocycles. The number of fused-ring (bicyclic) bond motifs is 1. The number of nitrogens with one attached hydrogen (secondary N) is 3. The molecule has 186 valence electrons. The van der Waals surface area contributed by atoms with Crippen molar-refractivity contribution in [2.75, 3.05) is 23.7 Å². The molecule has 3 aromatic heterocycles. The average molecular weight is 515 g/mol. The van der Waals surface area contributed by atoms with Gasteiger partial charge in [0.05, 0.1) is 17.2 Å². The molecular weight excluding hydrogens is 495 g/mol. The van der Waals surface area contributed by atoms with Crippen LogP contribution in [0, 0.1) is 15.9 Å². The lowest BCUT2D eigenvalue weighted by Gasteiger charge is -2.06. The van der Waals surface area contributed by atoms with Crippen LogP contribution < -0.4 is 16.0 Å². The maximum atomic E-state index is 13.8. The molecule has 0 spiro atoms. The largest absolute Gasteiger partial charge is 0.422 e. The van der Waals surface area contributed by atoms with E-state index in [1.807, 2.05) is 0 Å². The molecule has 14 heteroatoms. The SMILES string of the molecule is O=C(CCNCCc1nc2c(NCc3ncccc3F)nc(Cl)nc2o1)Nc1ccccc1[N+](=O)[O-]. The molecule has 0 saturated carbocycles. The Hall–Kier alpha value is -4.23. The zero-order valence-corrected chi connectivity index (χ0v) is 19.5. The minimum Gasteiger partial charge on any atom is -0.422 e. The van der Waals surface area contributed by atoms with Gasteiger partial charge in [-0.25, -0.2) is 9.37 Å². The lowest BCUT2D eigenvalue weighted by Crippen LogP contribution is -2.23. The fourth-order valence-electron chi connectivity index (χ4n) is 3.26. The zero-order chi connectivity index (χ0) is 25.5.